The summed E-state index contributed by atoms with van der Waals surface area (Å²) in [6.45, 7) is 11.1. The first-order valence-electron chi connectivity index (χ1n) is 13.3. The molecule has 3 aliphatic heterocycles. The van der Waals surface area contributed by atoms with Crippen LogP contribution in [0.4, 0.5) is 4.39 Å². The van der Waals surface area contributed by atoms with E-state index < -0.39 is 11.9 Å². The topological polar surface area (TPSA) is 88.2 Å². The number of fused-ring (bicyclic) bond motifs is 1. The zero-order chi connectivity index (χ0) is 27.2. The van der Waals surface area contributed by atoms with E-state index in [1.807, 2.05) is 6.08 Å². The third kappa shape index (κ3) is 5.54. The van der Waals surface area contributed by atoms with Crippen molar-refractivity contribution in [2.24, 2.45) is 5.92 Å². The number of nitrogens with zero attached hydrogens (tertiary/aromatic N) is 2. The van der Waals surface area contributed by atoms with Crippen molar-refractivity contribution in [1.29, 1.82) is 0 Å². The SMILES string of the molecule is CC1(C)CN(CC2C=C(COc3cccc4c3CN(C3CCC(=O)NC3=O)C4=O)C(F)=CC2)CC(C)(C)O1. The number of hydrogen-bond donors (Lipinski definition) is 1. The molecule has 1 N–H and O–H groups in total. The second-order valence-electron chi connectivity index (χ2n) is 12.0. The molecule has 8 nitrogen and oxygen atoms in total. The number of rotatable bonds is 6. The molecule has 5 rings (SSSR count). The Labute approximate surface area is 222 Å². The van der Waals surface area contributed by atoms with Gasteiger partial charge in [-0.1, -0.05) is 12.1 Å². The molecule has 2 unspecified atom stereocenters. The molecule has 2 atom stereocenters. The summed E-state index contributed by atoms with van der Waals surface area (Å²) in [4.78, 5) is 40.8. The van der Waals surface area contributed by atoms with Crippen LogP contribution in [0.1, 0.15) is 62.9 Å². The van der Waals surface area contributed by atoms with Gasteiger partial charge in [-0.05, 0) is 64.7 Å². The van der Waals surface area contributed by atoms with Gasteiger partial charge >= 0.3 is 0 Å². The molecular formula is C29H36FN3O5. The predicted octanol–water partition coefficient (Wildman–Crippen LogP) is 3.52. The highest BCUT2D eigenvalue weighted by Crippen LogP contribution is 2.35. The van der Waals surface area contributed by atoms with Crippen molar-refractivity contribution in [3.63, 3.8) is 0 Å². The standard InChI is InChI=1S/C29H36FN3O5/c1-28(2)16-32(17-29(3,4)38-28)13-18-8-9-22(30)19(12-18)15-37-24-7-5-6-20-21(24)14-33(27(20)36)23-10-11-25(34)31-26(23)35/h5-7,9,12,18,23H,8,10-11,13-17H2,1-4H3,(H,31,34,35). The van der Waals surface area contributed by atoms with Gasteiger partial charge in [-0.3, -0.25) is 24.6 Å². The average Bonchev–Trinajstić information content (AvgIpc) is 3.14. The van der Waals surface area contributed by atoms with Crippen LogP contribution in [0.2, 0.25) is 0 Å². The van der Waals surface area contributed by atoms with Gasteiger partial charge in [0.25, 0.3) is 5.91 Å². The average molecular weight is 526 g/mol. The number of nitrogens with one attached hydrogen (secondary N) is 1. The van der Waals surface area contributed by atoms with Crippen LogP contribution >= 0.6 is 0 Å². The first kappa shape index (κ1) is 26.6. The van der Waals surface area contributed by atoms with Crippen LogP contribution in [0.5, 0.6) is 5.75 Å². The van der Waals surface area contributed by atoms with Crippen LogP contribution in [0, 0.1) is 5.92 Å². The lowest BCUT2D eigenvalue weighted by Gasteiger charge is -2.48. The van der Waals surface area contributed by atoms with Gasteiger partial charge in [0.15, 0.2) is 0 Å². The quantitative estimate of drug-likeness (QED) is 0.572. The van der Waals surface area contributed by atoms with Crippen LogP contribution in [-0.4, -0.2) is 71.0 Å². The summed E-state index contributed by atoms with van der Waals surface area (Å²) in [5, 5.41) is 2.31. The second-order valence-corrected chi connectivity index (χ2v) is 12.0. The number of amides is 3. The summed E-state index contributed by atoms with van der Waals surface area (Å²) in [7, 11) is 0. The maximum Gasteiger partial charge on any atom is 0.255 e. The molecule has 0 radical (unpaired) electrons. The summed E-state index contributed by atoms with van der Waals surface area (Å²) < 4.78 is 27.1. The molecule has 0 saturated carbocycles. The number of imide groups is 1. The molecule has 3 amide bonds. The molecule has 1 aromatic carbocycles. The fourth-order valence-corrected chi connectivity index (χ4v) is 6.32. The number of allylic oxidation sites excluding steroid dienone is 1. The normalized spacial score (nSPS) is 27.0. The summed E-state index contributed by atoms with van der Waals surface area (Å²) in [6.07, 6.45) is 4.71. The molecule has 4 aliphatic rings. The van der Waals surface area contributed by atoms with Crippen molar-refractivity contribution in [3.8, 4) is 5.75 Å². The minimum atomic E-state index is -0.696. The molecule has 0 aromatic heterocycles. The zero-order valence-electron chi connectivity index (χ0n) is 22.5. The highest BCUT2D eigenvalue weighted by molar-refractivity contribution is 6.05. The van der Waals surface area contributed by atoms with Crippen molar-refractivity contribution in [2.75, 3.05) is 26.2 Å². The molecule has 0 spiro atoms. The molecule has 9 heteroatoms. The van der Waals surface area contributed by atoms with Gasteiger partial charge in [0.05, 0.1) is 17.7 Å². The van der Waals surface area contributed by atoms with E-state index in [1.165, 1.54) is 4.90 Å². The number of ether oxygens (including phenoxy) is 2. The van der Waals surface area contributed by atoms with Crippen LogP contribution in [0.15, 0.2) is 41.8 Å². The van der Waals surface area contributed by atoms with E-state index in [9.17, 15) is 18.8 Å². The minimum Gasteiger partial charge on any atom is -0.488 e. The Morgan fingerprint density at radius 1 is 1.13 bits per heavy atom. The van der Waals surface area contributed by atoms with Crippen molar-refractivity contribution in [2.45, 2.75) is 70.7 Å². The smallest absolute Gasteiger partial charge is 0.255 e. The zero-order valence-corrected chi connectivity index (χ0v) is 22.5. The molecule has 1 aromatic rings. The van der Waals surface area contributed by atoms with Gasteiger partial charge in [0.1, 0.15) is 24.2 Å². The van der Waals surface area contributed by atoms with Gasteiger partial charge in [0, 0.05) is 42.8 Å². The number of carbonyl (C=O) groups excluding carboxylic acids is 3. The minimum absolute atomic E-state index is 0.0436. The van der Waals surface area contributed by atoms with E-state index in [2.05, 4.69) is 37.9 Å². The monoisotopic (exact) mass is 525 g/mol. The molecule has 204 valence electrons. The van der Waals surface area contributed by atoms with Crippen molar-refractivity contribution < 1.29 is 28.2 Å². The molecule has 1 aliphatic carbocycles. The Morgan fingerprint density at radius 2 is 1.87 bits per heavy atom. The Morgan fingerprint density at radius 3 is 2.58 bits per heavy atom. The highest BCUT2D eigenvalue weighted by atomic mass is 19.1. The fourth-order valence-electron chi connectivity index (χ4n) is 6.32. The largest absolute Gasteiger partial charge is 0.488 e. The number of hydrogen-bond acceptors (Lipinski definition) is 6. The van der Waals surface area contributed by atoms with Gasteiger partial charge in [0.2, 0.25) is 11.8 Å². The number of benzene rings is 1. The third-order valence-electron chi connectivity index (χ3n) is 7.52. The first-order valence-corrected chi connectivity index (χ1v) is 13.3. The Bertz CT molecular complexity index is 1200. The molecule has 3 heterocycles. The third-order valence-corrected chi connectivity index (χ3v) is 7.52. The summed E-state index contributed by atoms with van der Waals surface area (Å²) in [6, 6.07) is 4.50. The van der Waals surface area contributed by atoms with Gasteiger partial charge in [-0.25, -0.2) is 4.39 Å². The molecular weight excluding hydrogens is 489 g/mol. The van der Waals surface area contributed by atoms with Crippen LogP contribution in [-0.2, 0) is 20.9 Å². The maximum atomic E-state index is 14.8. The molecule has 2 fully saturated rings. The summed E-state index contributed by atoms with van der Waals surface area (Å²) in [5.74, 6) is -0.670. The molecule has 0 bridgehead atoms. The lowest BCUT2D eigenvalue weighted by Crippen LogP contribution is -2.57. The van der Waals surface area contributed by atoms with E-state index >= 15 is 0 Å². The van der Waals surface area contributed by atoms with Crippen molar-refractivity contribution >= 4 is 17.7 Å². The van der Waals surface area contributed by atoms with E-state index in [4.69, 9.17) is 9.47 Å². The van der Waals surface area contributed by atoms with Crippen molar-refractivity contribution in [1.82, 2.24) is 15.1 Å². The maximum absolute atomic E-state index is 14.8. The number of morpholine rings is 1. The summed E-state index contributed by atoms with van der Waals surface area (Å²) in [5.41, 5.74) is 1.14. The van der Waals surface area contributed by atoms with Gasteiger partial charge in [-0.2, -0.15) is 0 Å². The number of halogens is 1. The predicted molar refractivity (Wildman–Crippen MR) is 139 cm³/mol. The van der Waals surface area contributed by atoms with Gasteiger partial charge < -0.3 is 14.4 Å². The van der Waals surface area contributed by atoms with Crippen LogP contribution in [0.3, 0.4) is 0 Å². The lowest BCUT2D eigenvalue weighted by atomic mass is 9.92. The fraction of sp³-hybridized carbons (Fsp3) is 0.552. The second kappa shape index (κ2) is 9.93. The van der Waals surface area contributed by atoms with Crippen LogP contribution < -0.4 is 10.1 Å². The first-order chi connectivity index (χ1) is 17.9. The Hall–Kier alpha value is -3.04. The van der Waals surface area contributed by atoms with E-state index in [-0.39, 0.29) is 54.3 Å². The molecule has 38 heavy (non-hydrogen) atoms. The van der Waals surface area contributed by atoms with Crippen LogP contribution in [0.25, 0.3) is 0 Å². The number of piperidine rings is 1. The van der Waals surface area contributed by atoms with Gasteiger partial charge in [-0.15, -0.1) is 0 Å². The van der Waals surface area contributed by atoms with E-state index in [0.717, 1.165) is 19.6 Å². The van der Waals surface area contributed by atoms with E-state index in [0.29, 0.717) is 35.3 Å². The summed E-state index contributed by atoms with van der Waals surface area (Å²) >= 11 is 0. The Kier molecular flexibility index (Phi) is 6.94. The number of carbonyl (C=O) groups is 3. The van der Waals surface area contributed by atoms with Crippen molar-refractivity contribution in [3.05, 3.63) is 52.9 Å². The molecule has 2 saturated heterocycles. The highest BCUT2D eigenvalue weighted by Gasteiger charge is 2.41. The Balaban J connectivity index is 1.26. The lowest BCUT2D eigenvalue weighted by molar-refractivity contribution is -0.181. The van der Waals surface area contributed by atoms with E-state index in [1.54, 1.807) is 24.3 Å².